The van der Waals surface area contributed by atoms with E-state index in [2.05, 4.69) is 15.6 Å². The molecule has 148 valence electrons. The number of guanidine groups is 1. The number of hydrogen-bond donors (Lipinski definition) is 3. The van der Waals surface area contributed by atoms with Crippen LogP contribution in [0.2, 0.25) is 0 Å². The number of methoxy groups -OCH3 is 1. The molecule has 0 unspecified atom stereocenters. The Kier molecular flexibility index (Phi) is 10.4. The molecule has 27 heavy (non-hydrogen) atoms. The lowest BCUT2D eigenvalue weighted by Crippen LogP contribution is -2.30. The highest BCUT2D eigenvalue weighted by atomic mass is 127. The van der Waals surface area contributed by atoms with Crippen molar-refractivity contribution in [3.63, 3.8) is 0 Å². The molecule has 0 atom stereocenters. The van der Waals surface area contributed by atoms with Crippen molar-refractivity contribution in [1.29, 1.82) is 0 Å². The molecule has 0 bridgehead atoms. The lowest BCUT2D eigenvalue weighted by Gasteiger charge is -2.14. The number of nitrogens with one attached hydrogen (secondary N) is 2. The van der Waals surface area contributed by atoms with Crippen LogP contribution in [0.4, 0.5) is 5.69 Å². The van der Waals surface area contributed by atoms with Crippen LogP contribution in [-0.4, -0.2) is 37.9 Å². The maximum atomic E-state index is 9.53. The van der Waals surface area contributed by atoms with E-state index < -0.39 is 0 Å². The molecular formula is C20H28IN3O3. The van der Waals surface area contributed by atoms with Crippen molar-refractivity contribution in [3.05, 3.63) is 48.0 Å². The van der Waals surface area contributed by atoms with E-state index in [4.69, 9.17) is 9.47 Å². The molecule has 0 saturated heterocycles. The summed E-state index contributed by atoms with van der Waals surface area (Å²) in [6.45, 7) is 5.89. The van der Waals surface area contributed by atoms with Crippen molar-refractivity contribution in [2.45, 2.75) is 20.3 Å². The first kappa shape index (κ1) is 22.9. The Morgan fingerprint density at radius 3 is 2.59 bits per heavy atom. The first-order valence-electron chi connectivity index (χ1n) is 8.80. The van der Waals surface area contributed by atoms with Crippen LogP contribution in [0.3, 0.4) is 0 Å². The van der Waals surface area contributed by atoms with Crippen LogP contribution in [0, 0.1) is 0 Å². The van der Waals surface area contributed by atoms with Gasteiger partial charge in [-0.1, -0.05) is 12.1 Å². The average molecular weight is 485 g/mol. The zero-order valence-corrected chi connectivity index (χ0v) is 18.3. The van der Waals surface area contributed by atoms with Gasteiger partial charge in [0.25, 0.3) is 0 Å². The highest BCUT2D eigenvalue weighted by Gasteiger charge is 2.07. The van der Waals surface area contributed by atoms with Crippen molar-refractivity contribution >= 4 is 35.6 Å². The fraction of sp³-hybridized carbons (Fsp3) is 0.350. The quantitative estimate of drug-likeness (QED) is 0.299. The van der Waals surface area contributed by atoms with Gasteiger partial charge in [-0.3, -0.25) is 4.99 Å². The molecule has 3 N–H and O–H groups in total. The van der Waals surface area contributed by atoms with E-state index in [1.165, 1.54) is 0 Å². The highest BCUT2D eigenvalue weighted by Crippen LogP contribution is 2.30. The number of ether oxygens (including phenoxy) is 2. The number of phenols is 1. The molecule has 0 spiro atoms. The third-order valence-electron chi connectivity index (χ3n) is 3.65. The molecule has 6 nitrogen and oxygen atoms in total. The van der Waals surface area contributed by atoms with Gasteiger partial charge >= 0.3 is 0 Å². The Morgan fingerprint density at radius 2 is 1.93 bits per heavy atom. The second-order valence-electron chi connectivity index (χ2n) is 5.60. The lowest BCUT2D eigenvalue weighted by molar-refractivity contribution is 0.311. The maximum absolute atomic E-state index is 9.53. The van der Waals surface area contributed by atoms with Gasteiger partial charge < -0.3 is 25.2 Å². The van der Waals surface area contributed by atoms with Gasteiger partial charge in [0.2, 0.25) is 0 Å². The van der Waals surface area contributed by atoms with E-state index in [1.54, 1.807) is 19.2 Å². The Hall–Kier alpha value is -2.16. The number of rotatable bonds is 8. The summed E-state index contributed by atoms with van der Waals surface area (Å²) in [5, 5.41) is 16.0. The number of phenolic OH excluding ortho intramolecular Hbond substituents is 1. The lowest BCUT2D eigenvalue weighted by atomic mass is 10.1. The molecule has 0 radical (unpaired) electrons. The number of halogens is 1. The minimum Gasteiger partial charge on any atom is -0.508 e. The fourth-order valence-electron chi connectivity index (χ4n) is 2.48. The number of aliphatic imine (C=N–C) groups is 1. The molecule has 2 aromatic carbocycles. The zero-order chi connectivity index (χ0) is 18.8. The third-order valence-corrected chi connectivity index (χ3v) is 3.65. The van der Waals surface area contributed by atoms with Crippen LogP contribution < -0.4 is 20.1 Å². The molecule has 0 aromatic heterocycles. The van der Waals surface area contributed by atoms with Gasteiger partial charge in [0.1, 0.15) is 5.75 Å². The zero-order valence-electron chi connectivity index (χ0n) is 16.0. The molecule has 2 aromatic rings. The largest absolute Gasteiger partial charge is 0.508 e. The van der Waals surface area contributed by atoms with Crippen molar-refractivity contribution in [2.75, 3.05) is 32.1 Å². The molecule has 2 rings (SSSR count). The summed E-state index contributed by atoms with van der Waals surface area (Å²) in [5.74, 6) is 2.36. The van der Waals surface area contributed by atoms with Gasteiger partial charge in [-0.05, 0) is 50.1 Å². The standard InChI is InChI=1S/C20H27N3O3.HI/c1-4-21-20(22-12-11-15-7-6-8-17(24)13-15)23-16-9-10-18(25-3)19(14-16)26-5-2;/h6-10,13-14,24H,4-5,11-12H2,1-3H3,(H2,21,22,23);1H. The van der Waals surface area contributed by atoms with E-state index in [1.807, 2.05) is 44.2 Å². The molecular weight excluding hydrogens is 457 g/mol. The normalized spacial score (nSPS) is 10.7. The summed E-state index contributed by atoms with van der Waals surface area (Å²) in [7, 11) is 1.62. The summed E-state index contributed by atoms with van der Waals surface area (Å²) in [5.41, 5.74) is 1.92. The van der Waals surface area contributed by atoms with Crippen molar-refractivity contribution in [2.24, 2.45) is 4.99 Å². The number of nitrogens with zero attached hydrogens (tertiary/aromatic N) is 1. The monoisotopic (exact) mass is 485 g/mol. The van der Waals surface area contributed by atoms with E-state index in [0.29, 0.717) is 30.6 Å². The van der Waals surface area contributed by atoms with Crippen molar-refractivity contribution < 1.29 is 14.6 Å². The van der Waals surface area contributed by atoms with E-state index >= 15 is 0 Å². The topological polar surface area (TPSA) is 75.1 Å². The Morgan fingerprint density at radius 1 is 1.11 bits per heavy atom. The molecule has 0 fully saturated rings. The minimum atomic E-state index is 0. The molecule has 0 aliphatic rings. The first-order chi connectivity index (χ1) is 12.7. The number of hydrogen-bond acceptors (Lipinski definition) is 4. The van der Waals surface area contributed by atoms with Gasteiger partial charge in [0.05, 0.1) is 13.7 Å². The van der Waals surface area contributed by atoms with Crippen LogP contribution in [0.15, 0.2) is 47.5 Å². The molecule has 0 aliphatic carbocycles. The third kappa shape index (κ3) is 7.54. The van der Waals surface area contributed by atoms with E-state index in [-0.39, 0.29) is 29.7 Å². The van der Waals surface area contributed by atoms with Gasteiger partial charge in [-0.15, -0.1) is 24.0 Å². The predicted octanol–water partition coefficient (Wildman–Crippen LogP) is 4.04. The van der Waals surface area contributed by atoms with Gasteiger partial charge in [-0.2, -0.15) is 0 Å². The van der Waals surface area contributed by atoms with Gasteiger partial charge in [0.15, 0.2) is 17.5 Å². The molecule has 0 amide bonds. The smallest absolute Gasteiger partial charge is 0.195 e. The van der Waals surface area contributed by atoms with Gasteiger partial charge in [-0.25, -0.2) is 0 Å². The number of aromatic hydroxyl groups is 1. The van der Waals surface area contributed by atoms with Crippen LogP contribution in [0.25, 0.3) is 0 Å². The Labute approximate surface area is 178 Å². The molecule has 0 saturated carbocycles. The average Bonchev–Trinajstić information content (AvgIpc) is 2.62. The van der Waals surface area contributed by atoms with E-state index in [0.717, 1.165) is 24.2 Å². The van der Waals surface area contributed by atoms with Crippen LogP contribution in [-0.2, 0) is 6.42 Å². The molecule has 7 heteroatoms. The predicted molar refractivity (Wildman–Crippen MR) is 121 cm³/mol. The number of anilines is 1. The summed E-state index contributed by atoms with van der Waals surface area (Å²) in [6.07, 6.45) is 0.748. The summed E-state index contributed by atoms with van der Waals surface area (Å²) >= 11 is 0. The summed E-state index contributed by atoms with van der Waals surface area (Å²) in [4.78, 5) is 4.59. The highest BCUT2D eigenvalue weighted by molar-refractivity contribution is 14.0. The summed E-state index contributed by atoms with van der Waals surface area (Å²) < 4.78 is 10.9. The second kappa shape index (κ2) is 12.3. The molecule has 0 heterocycles. The minimum absolute atomic E-state index is 0. The summed E-state index contributed by atoms with van der Waals surface area (Å²) in [6, 6.07) is 12.9. The Bertz CT molecular complexity index is 738. The SMILES string of the molecule is CCNC(=NCCc1cccc(O)c1)Nc1ccc(OC)c(OCC)c1.I. The first-order valence-corrected chi connectivity index (χ1v) is 8.80. The second-order valence-corrected chi connectivity index (χ2v) is 5.60. The number of benzene rings is 2. The van der Waals surface area contributed by atoms with Crippen LogP contribution >= 0.6 is 24.0 Å². The fourth-order valence-corrected chi connectivity index (χ4v) is 2.48. The van der Waals surface area contributed by atoms with Gasteiger partial charge in [0, 0.05) is 24.8 Å². The van der Waals surface area contributed by atoms with Crippen molar-refractivity contribution in [3.8, 4) is 17.2 Å². The van der Waals surface area contributed by atoms with E-state index in [9.17, 15) is 5.11 Å². The Balaban J connectivity index is 0.00000364. The van der Waals surface area contributed by atoms with Crippen LogP contribution in [0.5, 0.6) is 17.2 Å². The van der Waals surface area contributed by atoms with Crippen molar-refractivity contribution in [1.82, 2.24) is 5.32 Å². The maximum Gasteiger partial charge on any atom is 0.195 e. The molecule has 0 aliphatic heterocycles. The van der Waals surface area contributed by atoms with Crippen LogP contribution in [0.1, 0.15) is 19.4 Å².